The van der Waals surface area contributed by atoms with E-state index < -0.39 is 12.1 Å². The lowest BCUT2D eigenvalue weighted by molar-refractivity contribution is -0.120. The van der Waals surface area contributed by atoms with Gasteiger partial charge in [-0.15, -0.1) is 0 Å². The van der Waals surface area contributed by atoms with E-state index in [0.29, 0.717) is 46.9 Å². The topological polar surface area (TPSA) is 115 Å². The molecule has 0 saturated heterocycles. The van der Waals surface area contributed by atoms with Gasteiger partial charge in [-0.3, -0.25) is 14.4 Å². The van der Waals surface area contributed by atoms with Crippen molar-refractivity contribution >= 4 is 23.2 Å². The van der Waals surface area contributed by atoms with Crippen molar-refractivity contribution < 1.29 is 23.8 Å². The van der Waals surface area contributed by atoms with Gasteiger partial charge in [0.1, 0.15) is 6.04 Å². The zero-order valence-electron chi connectivity index (χ0n) is 24.3. The lowest BCUT2D eigenvalue weighted by Gasteiger charge is -2.22. The summed E-state index contributed by atoms with van der Waals surface area (Å²) in [6.07, 6.45) is 1.16. The van der Waals surface area contributed by atoms with Crippen LogP contribution in [0.2, 0.25) is 0 Å². The average Bonchev–Trinajstić information content (AvgIpc) is 3.19. The summed E-state index contributed by atoms with van der Waals surface area (Å²) in [5, 5.41) is 9.11. The van der Waals surface area contributed by atoms with Crippen LogP contribution in [-0.4, -0.2) is 39.2 Å². The zero-order valence-corrected chi connectivity index (χ0v) is 24.3. The molecule has 9 heteroatoms. The Morgan fingerprint density at radius 3 is 2.24 bits per heavy atom. The first kappa shape index (κ1) is 29.5. The second kappa shape index (κ2) is 12.8. The number of carbonyl (C=O) groups excluding carboxylic acids is 2. The number of aryl methyl sites for hydroxylation is 1. The van der Waals surface area contributed by atoms with Crippen LogP contribution in [0.5, 0.6) is 17.2 Å². The van der Waals surface area contributed by atoms with Gasteiger partial charge in [-0.2, -0.15) is 0 Å². The van der Waals surface area contributed by atoms with Crippen LogP contribution in [0, 0.1) is 5.92 Å². The highest BCUT2D eigenvalue weighted by Gasteiger charge is 2.30. The Kier molecular flexibility index (Phi) is 9.17. The second-order valence-corrected chi connectivity index (χ2v) is 10.3. The molecule has 3 N–H and O–H groups in total. The van der Waals surface area contributed by atoms with Crippen LogP contribution >= 0.6 is 0 Å². The van der Waals surface area contributed by atoms with Gasteiger partial charge in [-0.25, -0.2) is 0 Å². The highest BCUT2D eigenvalue weighted by molar-refractivity contribution is 5.96. The third-order valence-corrected chi connectivity index (χ3v) is 7.22. The van der Waals surface area contributed by atoms with Gasteiger partial charge < -0.3 is 30.2 Å². The van der Waals surface area contributed by atoms with Crippen molar-refractivity contribution in [2.24, 2.45) is 5.92 Å². The smallest absolute Gasteiger partial charge is 0.247 e. The lowest BCUT2D eigenvalue weighted by Crippen LogP contribution is -2.39. The second-order valence-electron chi connectivity index (χ2n) is 10.3. The predicted octanol–water partition coefficient (Wildman–Crippen LogP) is 4.94. The number of anilines is 2. The van der Waals surface area contributed by atoms with Crippen LogP contribution < -0.4 is 35.6 Å². The molecule has 0 fully saturated rings. The molecule has 1 aliphatic rings. The first-order chi connectivity index (χ1) is 19.7. The number of carbonyl (C=O) groups is 2. The van der Waals surface area contributed by atoms with Gasteiger partial charge in [-0.1, -0.05) is 38.1 Å². The Bertz CT molecular complexity index is 1490. The monoisotopic (exact) mass is 559 g/mol. The van der Waals surface area contributed by atoms with Crippen LogP contribution in [0.3, 0.4) is 0 Å². The molecule has 4 rings (SSSR count). The van der Waals surface area contributed by atoms with Gasteiger partial charge in [0.25, 0.3) is 0 Å². The lowest BCUT2D eigenvalue weighted by atomic mass is 9.95. The van der Waals surface area contributed by atoms with Crippen LogP contribution in [0.25, 0.3) is 11.1 Å². The molecular formula is C32H37N3O6. The number of amides is 2. The van der Waals surface area contributed by atoms with Crippen molar-refractivity contribution in [1.29, 1.82) is 0 Å². The Morgan fingerprint density at radius 1 is 0.927 bits per heavy atom. The summed E-state index contributed by atoms with van der Waals surface area (Å²) in [4.78, 5) is 39.1. The van der Waals surface area contributed by atoms with Crippen molar-refractivity contribution in [3.63, 3.8) is 0 Å². The average molecular weight is 560 g/mol. The quantitative estimate of drug-likeness (QED) is 0.340. The van der Waals surface area contributed by atoms with E-state index in [0.717, 1.165) is 11.1 Å². The maximum absolute atomic E-state index is 13.7. The Balaban J connectivity index is 1.86. The normalized spacial score (nSPS) is 14.6. The SMILES string of the molecule is COc1cc2c(c(OC)c1OC)-c1ccc(N[C@@H](C(=O)Nc3ccccc3)C(C)C)c(=O)cc1[C@H](NC(C)=O)CC2. The molecule has 0 aliphatic heterocycles. The molecule has 0 bridgehead atoms. The molecule has 3 aromatic carbocycles. The van der Waals surface area contributed by atoms with Gasteiger partial charge >= 0.3 is 0 Å². The first-order valence-electron chi connectivity index (χ1n) is 13.6. The van der Waals surface area contributed by atoms with Crippen molar-refractivity contribution in [3.8, 4) is 28.4 Å². The van der Waals surface area contributed by atoms with Gasteiger partial charge in [0.2, 0.25) is 23.0 Å². The third-order valence-electron chi connectivity index (χ3n) is 7.22. The number of nitrogens with one attached hydrogen (secondary N) is 3. The largest absolute Gasteiger partial charge is 0.493 e. The van der Waals surface area contributed by atoms with E-state index >= 15 is 0 Å². The number of methoxy groups -OCH3 is 3. The standard InChI is InChI=1S/C32H37N3O6/c1-18(2)29(32(38)34-21-10-8-7-9-11-21)35-25-15-13-22-23(17-26(25)37)24(33-19(3)36)14-12-20-16-27(39-4)30(40-5)31(41-6)28(20)22/h7-11,13,15-18,24,29H,12,14H2,1-6H3,(H,33,36)(H,34,38)(H,35,37)/t24-,29-/m1/s1. The fraction of sp³-hybridized carbons (Fsp3) is 0.344. The van der Waals surface area contributed by atoms with E-state index in [-0.39, 0.29) is 28.8 Å². The van der Waals surface area contributed by atoms with E-state index in [1.54, 1.807) is 27.4 Å². The minimum Gasteiger partial charge on any atom is -0.493 e. The molecule has 0 radical (unpaired) electrons. The molecule has 0 unspecified atom stereocenters. The van der Waals surface area contributed by atoms with E-state index in [1.807, 2.05) is 56.3 Å². The minimum absolute atomic E-state index is 0.119. The van der Waals surface area contributed by atoms with E-state index in [2.05, 4.69) is 16.0 Å². The fourth-order valence-electron chi connectivity index (χ4n) is 5.27. The molecule has 9 nitrogen and oxygen atoms in total. The van der Waals surface area contributed by atoms with Gasteiger partial charge in [0.05, 0.1) is 33.1 Å². The zero-order chi connectivity index (χ0) is 29.7. The number of rotatable bonds is 9. The van der Waals surface area contributed by atoms with Gasteiger partial charge in [-0.05, 0) is 65.8 Å². The number of fused-ring (bicyclic) bond motifs is 3. The Morgan fingerprint density at radius 2 is 1.63 bits per heavy atom. The van der Waals surface area contributed by atoms with Crippen LogP contribution in [-0.2, 0) is 16.0 Å². The summed E-state index contributed by atoms with van der Waals surface area (Å²) < 4.78 is 17.1. The summed E-state index contributed by atoms with van der Waals surface area (Å²) in [6.45, 7) is 5.29. The molecule has 2 amide bonds. The number of ether oxygens (including phenoxy) is 3. The van der Waals surface area contributed by atoms with Crippen molar-refractivity contribution in [2.75, 3.05) is 32.0 Å². The number of hydrogen-bond acceptors (Lipinski definition) is 7. The molecule has 0 aromatic heterocycles. The Labute approximate surface area is 240 Å². The minimum atomic E-state index is -0.678. The predicted molar refractivity (Wildman–Crippen MR) is 160 cm³/mol. The van der Waals surface area contributed by atoms with Crippen molar-refractivity contribution in [1.82, 2.24) is 5.32 Å². The summed E-state index contributed by atoms with van der Waals surface area (Å²) >= 11 is 0. The highest BCUT2D eigenvalue weighted by atomic mass is 16.5. The Hall–Kier alpha value is -4.53. The van der Waals surface area contributed by atoms with Gasteiger partial charge in [0, 0.05) is 18.2 Å². The molecule has 0 heterocycles. The fourth-order valence-corrected chi connectivity index (χ4v) is 5.27. The summed E-state index contributed by atoms with van der Waals surface area (Å²) in [5.74, 6) is 0.858. The summed E-state index contributed by atoms with van der Waals surface area (Å²) in [6, 6.07) is 15.0. The maximum atomic E-state index is 13.7. The molecule has 0 saturated carbocycles. The molecule has 1 aliphatic carbocycles. The summed E-state index contributed by atoms with van der Waals surface area (Å²) in [5.41, 5.74) is 3.70. The third kappa shape index (κ3) is 6.29. The van der Waals surface area contributed by atoms with E-state index in [4.69, 9.17) is 14.2 Å². The number of para-hydroxylation sites is 1. The number of hydrogen-bond donors (Lipinski definition) is 3. The highest BCUT2D eigenvalue weighted by Crippen LogP contribution is 2.50. The molecule has 3 aromatic rings. The molecule has 216 valence electrons. The van der Waals surface area contributed by atoms with Crippen LogP contribution in [0.4, 0.5) is 11.4 Å². The van der Waals surface area contributed by atoms with Crippen LogP contribution in [0.1, 0.15) is 44.4 Å². The first-order valence-corrected chi connectivity index (χ1v) is 13.6. The molecule has 41 heavy (non-hydrogen) atoms. The maximum Gasteiger partial charge on any atom is 0.247 e. The summed E-state index contributed by atoms with van der Waals surface area (Å²) in [7, 11) is 4.66. The number of benzene rings is 2. The van der Waals surface area contributed by atoms with Crippen LogP contribution in [0.15, 0.2) is 59.4 Å². The molecule has 0 spiro atoms. The van der Waals surface area contributed by atoms with E-state index in [1.165, 1.54) is 13.0 Å². The van der Waals surface area contributed by atoms with Crippen molar-refractivity contribution in [2.45, 2.75) is 45.7 Å². The van der Waals surface area contributed by atoms with Crippen molar-refractivity contribution in [3.05, 3.63) is 75.9 Å². The van der Waals surface area contributed by atoms with Gasteiger partial charge in [0.15, 0.2) is 11.5 Å². The molecular weight excluding hydrogens is 522 g/mol. The van der Waals surface area contributed by atoms with E-state index in [9.17, 15) is 14.4 Å². The molecule has 2 atom stereocenters.